The van der Waals surface area contributed by atoms with Gasteiger partial charge in [-0.25, -0.2) is 0 Å². The molecule has 86 valence electrons. The summed E-state index contributed by atoms with van der Waals surface area (Å²) in [7, 11) is 1.68. The summed E-state index contributed by atoms with van der Waals surface area (Å²) in [5.41, 5.74) is 2.50. The van der Waals surface area contributed by atoms with Crippen molar-refractivity contribution in [3.8, 4) is 5.75 Å². The van der Waals surface area contributed by atoms with Crippen molar-refractivity contribution in [1.29, 1.82) is 0 Å². The van der Waals surface area contributed by atoms with Crippen LogP contribution < -0.4 is 4.74 Å². The molecule has 0 aromatic heterocycles. The van der Waals surface area contributed by atoms with Gasteiger partial charge in [0.25, 0.3) is 0 Å². The van der Waals surface area contributed by atoms with E-state index in [1.54, 1.807) is 7.11 Å². The maximum Gasteiger partial charge on any atom is 0.140 e. The van der Waals surface area contributed by atoms with Crippen molar-refractivity contribution in [2.24, 2.45) is 0 Å². The molecule has 0 bridgehead atoms. The van der Waals surface area contributed by atoms with Crippen molar-refractivity contribution in [3.63, 3.8) is 0 Å². The smallest absolute Gasteiger partial charge is 0.140 e. The van der Waals surface area contributed by atoms with Gasteiger partial charge in [-0.2, -0.15) is 0 Å². The molecule has 1 atom stereocenters. The predicted octanol–water partition coefficient (Wildman–Crippen LogP) is 3.09. The van der Waals surface area contributed by atoms with E-state index in [2.05, 4.69) is 19.1 Å². The van der Waals surface area contributed by atoms with Crippen LogP contribution in [-0.2, 0) is 11.2 Å². The van der Waals surface area contributed by atoms with Gasteiger partial charge in [-0.15, -0.1) is 0 Å². The molecule has 2 heteroatoms. The molecule has 0 spiro atoms. The van der Waals surface area contributed by atoms with Crippen molar-refractivity contribution in [2.45, 2.75) is 38.5 Å². The summed E-state index contributed by atoms with van der Waals surface area (Å²) in [5, 5.41) is 0. The molecule has 0 fully saturated rings. The molecule has 1 aromatic rings. The molecule has 0 N–H and O–H groups in total. The number of carbonyl (C=O) groups excluding carboxylic acids is 1. The lowest BCUT2D eigenvalue weighted by Gasteiger charge is -2.15. The largest absolute Gasteiger partial charge is 0.497 e. The molecule has 1 aromatic carbocycles. The van der Waals surface area contributed by atoms with Crippen LogP contribution in [0.25, 0.3) is 0 Å². The maximum absolute atomic E-state index is 11.9. The number of hydrogen-bond donors (Lipinski definition) is 0. The first-order valence-electron chi connectivity index (χ1n) is 5.95. The summed E-state index contributed by atoms with van der Waals surface area (Å²) in [6.07, 6.45) is 3.58. The highest BCUT2D eigenvalue weighted by atomic mass is 16.5. The number of benzene rings is 1. The fraction of sp³-hybridized carbons (Fsp3) is 0.500. The van der Waals surface area contributed by atoms with Crippen LogP contribution in [0.3, 0.4) is 0 Å². The van der Waals surface area contributed by atoms with Crippen LogP contribution in [0.2, 0.25) is 0 Å². The lowest BCUT2D eigenvalue weighted by atomic mass is 9.89. The monoisotopic (exact) mass is 218 g/mol. The number of Topliss-reactive ketones (excluding diaryl/α,β-unsaturated/α-hetero) is 1. The van der Waals surface area contributed by atoms with E-state index in [9.17, 15) is 4.79 Å². The first-order chi connectivity index (χ1) is 7.76. The molecule has 1 aliphatic carbocycles. The Bertz CT molecular complexity index is 396. The average Bonchev–Trinajstić information content (AvgIpc) is 2.46. The Morgan fingerprint density at radius 3 is 2.88 bits per heavy atom. The third kappa shape index (κ3) is 1.97. The topological polar surface area (TPSA) is 26.3 Å². The van der Waals surface area contributed by atoms with Crippen LogP contribution in [-0.4, -0.2) is 12.9 Å². The summed E-state index contributed by atoms with van der Waals surface area (Å²) < 4.78 is 5.23. The van der Waals surface area contributed by atoms with Crippen LogP contribution in [0.4, 0.5) is 0 Å². The lowest BCUT2D eigenvalue weighted by Crippen LogP contribution is -2.10. The minimum Gasteiger partial charge on any atom is -0.497 e. The summed E-state index contributed by atoms with van der Waals surface area (Å²) >= 11 is 0. The quantitative estimate of drug-likeness (QED) is 0.713. The minimum absolute atomic E-state index is 0.100. The van der Waals surface area contributed by atoms with E-state index in [-0.39, 0.29) is 5.92 Å². The summed E-state index contributed by atoms with van der Waals surface area (Å²) in [6.45, 7) is 2.09. The lowest BCUT2D eigenvalue weighted by molar-refractivity contribution is -0.120. The molecule has 1 unspecified atom stereocenters. The second-order valence-corrected chi connectivity index (χ2v) is 4.35. The molecule has 0 heterocycles. The Morgan fingerprint density at radius 2 is 2.19 bits per heavy atom. The SMILES string of the molecule is CCC1C(=O)CCCc2cc(OC)ccc21. The molecule has 0 aliphatic heterocycles. The van der Waals surface area contributed by atoms with E-state index in [1.165, 1.54) is 11.1 Å². The van der Waals surface area contributed by atoms with E-state index in [4.69, 9.17) is 4.74 Å². The zero-order valence-corrected chi connectivity index (χ0v) is 9.95. The van der Waals surface area contributed by atoms with Gasteiger partial charge in [0.1, 0.15) is 11.5 Å². The van der Waals surface area contributed by atoms with Gasteiger partial charge in [0.05, 0.1) is 7.11 Å². The van der Waals surface area contributed by atoms with Crippen molar-refractivity contribution >= 4 is 5.78 Å². The van der Waals surface area contributed by atoms with Crippen LogP contribution >= 0.6 is 0 Å². The highest BCUT2D eigenvalue weighted by Crippen LogP contribution is 2.32. The molecule has 0 radical (unpaired) electrons. The number of ketones is 1. The number of carbonyl (C=O) groups is 1. The fourth-order valence-electron chi connectivity index (χ4n) is 2.51. The van der Waals surface area contributed by atoms with E-state index in [0.29, 0.717) is 5.78 Å². The van der Waals surface area contributed by atoms with Crippen LogP contribution in [0.1, 0.15) is 43.2 Å². The molecule has 0 saturated heterocycles. The second kappa shape index (κ2) is 4.69. The van der Waals surface area contributed by atoms with Gasteiger partial charge >= 0.3 is 0 Å². The van der Waals surface area contributed by atoms with Crippen molar-refractivity contribution < 1.29 is 9.53 Å². The fourth-order valence-corrected chi connectivity index (χ4v) is 2.51. The van der Waals surface area contributed by atoms with Crippen LogP contribution in [0.5, 0.6) is 5.75 Å². The van der Waals surface area contributed by atoms with Gasteiger partial charge in [0.2, 0.25) is 0 Å². The molecule has 16 heavy (non-hydrogen) atoms. The second-order valence-electron chi connectivity index (χ2n) is 4.35. The van der Waals surface area contributed by atoms with Gasteiger partial charge in [0, 0.05) is 12.3 Å². The third-order valence-electron chi connectivity index (χ3n) is 3.39. The van der Waals surface area contributed by atoms with Crippen LogP contribution in [0, 0.1) is 0 Å². The molecular formula is C14H18O2. The van der Waals surface area contributed by atoms with Gasteiger partial charge in [0.15, 0.2) is 0 Å². The van der Waals surface area contributed by atoms with Crippen LogP contribution in [0.15, 0.2) is 18.2 Å². The molecule has 2 nitrogen and oxygen atoms in total. The summed E-state index contributed by atoms with van der Waals surface area (Å²) in [6, 6.07) is 6.10. The number of rotatable bonds is 2. The van der Waals surface area contributed by atoms with Gasteiger partial charge in [-0.05, 0) is 42.5 Å². The zero-order valence-electron chi connectivity index (χ0n) is 9.95. The van der Waals surface area contributed by atoms with Gasteiger partial charge < -0.3 is 4.74 Å². The predicted molar refractivity (Wildman–Crippen MR) is 64.0 cm³/mol. The van der Waals surface area contributed by atoms with E-state index in [1.807, 2.05) is 6.07 Å². The molecule has 0 saturated carbocycles. The Morgan fingerprint density at radius 1 is 1.38 bits per heavy atom. The maximum atomic E-state index is 11.9. The number of ether oxygens (including phenoxy) is 1. The molecule has 1 aliphatic rings. The zero-order chi connectivity index (χ0) is 11.5. The average molecular weight is 218 g/mol. The van der Waals surface area contributed by atoms with E-state index in [0.717, 1.165) is 31.4 Å². The Hall–Kier alpha value is -1.31. The Balaban J connectivity index is 2.44. The van der Waals surface area contributed by atoms with E-state index >= 15 is 0 Å². The Kier molecular flexibility index (Phi) is 3.28. The summed E-state index contributed by atoms with van der Waals surface area (Å²) in [5.74, 6) is 1.39. The number of hydrogen-bond acceptors (Lipinski definition) is 2. The van der Waals surface area contributed by atoms with Crippen molar-refractivity contribution in [1.82, 2.24) is 0 Å². The molecule has 2 rings (SSSR count). The number of fused-ring (bicyclic) bond motifs is 1. The number of methoxy groups -OCH3 is 1. The Labute approximate surface area is 96.6 Å². The summed E-state index contributed by atoms with van der Waals surface area (Å²) in [4.78, 5) is 11.9. The standard InChI is InChI=1S/C14H18O2/c1-3-12-13-8-7-11(16-2)9-10(13)5-4-6-14(12)15/h7-9,12H,3-6H2,1-2H3. The first-order valence-corrected chi connectivity index (χ1v) is 5.95. The normalized spacial score (nSPS) is 20.1. The highest BCUT2D eigenvalue weighted by molar-refractivity contribution is 5.86. The molecule has 0 amide bonds. The minimum atomic E-state index is 0.100. The van der Waals surface area contributed by atoms with Gasteiger partial charge in [-0.1, -0.05) is 13.0 Å². The van der Waals surface area contributed by atoms with Gasteiger partial charge in [-0.3, -0.25) is 4.79 Å². The van der Waals surface area contributed by atoms with Crippen molar-refractivity contribution in [2.75, 3.05) is 7.11 Å². The van der Waals surface area contributed by atoms with Crippen molar-refractivity contribution in [3.05, 3.63) is 29.3 Å². The first kappa shape index (κ1) is 11.2. The third-order valence-corrected chi connectivity index (χ3v) is 3.39. The highest BCUT2D eigenvalue weighted by Gasteiger charge is 2.24. The molecular weight excluding hydrogens is 200 g/mol. The number of aryl methyl sites for hydroxylation is 1. The van der Waals surface area contributed by atoms with E-state index < -0.39 is 0 Å².